The maximum atomic E-state index is 13.9. The topological polar surface area (TPSA) is 63.5 Å². The molecule has 146 valence electrons. The van der Waals surface area contributed by atoms with Crippen molar-refractivity contribution < 1.29 is 14.1 Å². The predicted molar refractivity (Wildman–Crippen MR) is 107 cm³/mol. The Morgan fingerprint density at radius 2 is 1.72 bits per heavy atom. The number of nitro groups is 1. The average Bonchev–Trinajstić information content (AvgIpc) is 2.91. The van der Waals surface area contributed by atoms with Crippen LogP contribution in [0.1, 0.15) is 34.0 Å². The lowest BCUT2D eigenvalue weighted by Gasteiger charge is -2.37. The first kappa shape index (κ1) is 19.1. The first-order chi connectivity index (χ1) is 13.8. The Labute approximate surface area is 171 Å². The van der Waals surface area contributed by atoms with Crippen LogP contribution in [0, 0.1) is 15.9 Å². The Morgan fingerprint density at radius 1 is 1.07 bits per heavy atom. The Balaban J connectivity index is 1.81. The highest BCUT2D eigenvalue weighted by Gasteiger charge is 2.47. The van der Waals surface area contributed by atoms with E-state index in [0.29, 0.717) is 16.1 Å². The number of halogens is 2. The lowest BCUT2D eigenvalue weighted by Crippen LogP contribution is -2.41. The maximum absolute atomic E-state index is 13.9. The van der Waals surface area contributed by atoms with Gasteiger partial charge >= 0.3 is 0 Å². The molecular weight excluding hydrogens is 395 g/mol. The third-order valence-electron chi connectivity index (χ3n) is 5.42. The number of benzene rings is 3. The molecule has 1 amide bonds. The van der Waals surface area contributed by atoms with Gasteiger partial charge in [0.15, 0.2) is 0 Å². The molecule has 1 aliphatic heterocycles. The maximum Gasteiger partial charge on any atom is 0.269 e. The van der Waals surface area contributed by atoms with Gasteiger partial charge in [0.25, 0.3) is 11.6 Å². The van der Waals surface area contributed by atoms with Gasteiger partial charge in [-0.25, -0.2) is 4.39 Å². The molecule has 5 nitrogen and oxygen atoms in total. The molecule has 1 heterocycles. The molecule has 3 aromatic carbocycles. The Morgan fingerprint density at radius 3 is 2.34 bits per heavy atom. The molecule has 1 unspecified atom stereocenters. The lowest BCUT2D eigenvalue weighted by molar-refractivity contribution is -0.384. The third kappa shape index (κ3) is 3.15. The summed E-state index contributed by atoms with van der Waals surface area (Å²) in [6.07, 6.45) is 0. The molecule has 0 saturated heterocycles. The Hall–Kier alpha value is -3.25. The lowest BCUT2D eigenvalue weighted by atomic mass is 9.84. The van der Waals surface area contributed by atoms with Crippen LogP contribution >= 0.6 is 11.6 Å². The van der Waals surface area contributed by atoms with Crippen LogP contribution in [0.2, 0.25) is 5.02 Å². The summed E-state index contributed by atoms with van der Waals surface area (Å²) in [5.74, 6) is -0.775. The fourth-order valence-electron chi connectivity index (χ4n) is 3.83. The van der Waals surface area contributed by atoms with E-state index < -0.39 is 16.3 Å². The molecule has 1 atom stereocenters. The fourth-order valence-corrected chi connectivity index (χ4v) is 3.96. The van der Waals surface area contributed by atoms with Crippen molar-refractivity contribution in [2.75, 3.05) is 0 Å². The van der Waals surface area contributed by atoms with Crippen molar-refractivity contribution in [3.8, 4) is 0 Å². The van der Waals surface area contributed by atoms with E-state index in [1.54, 1.807) is 35.2 Å². The number of hydrogen-bond acceptors (Lipinski definition) is 3. The van der Waals surface area contributed by atoms with E-state index in [1.165, 1.54) is 24.3 Å². The summed E-state index contributed by atoms with van der Waals surface area (Å²) < 4.78 is 13.9. The van der Waals surface area contributed by atoms with Gasteiger partial charge in [-0.15, -0.1) is 0 Å². The highest BCUT2D eigenvalue weighted by atomic mass is 35.5. The van der Waals surface area contributed by atoms with Crippen LogP contribution in [0.25, 0.3) is 0 Å². The van der Waals surface area contributed by atoms with Gasteiger partial charge in [0, 0.05) is 29.3 Å². The molecule has 0 aliphatic carbocycles. The van der Waals surface area contributed by atoms with E-state index in [-0.39, 0.29) is 18.1 Å². The van der Waals surface area contributed by atoms with E-state index in [4.69, 9.17) is 11.6 Å². The van der Waals surface area contributed by atoms with Crippen molar-refractivity contribution in [3.05, 3.63) is 110 Å². The van der Waals surface area contributed by atoms with Crippen molar-refractivity contribution in [1.82, 2.24) is 4.90 Å². The van der Waals surface area contributed by atoms with Crippen molar-refractivity contribution in [1.29, 1.82) is 0 Å². The number of nitro benzene ring substituents is 1. The van der Waals surface area contributed by atoms with E-state index in [2.05, 4.69) is 0 Å². The second kappa shape index (κ2) is 6.97. The van der Waals surface area contributed by atoms with Crippen molar-refractivity contribution in [3.63, 3.8) is 0 Å². The molecule has 3 aromatic rings. The SMILES string of the molecule is CC1(c2ccc(Cl)cc2)c2ccc(F)cc2C(=O)N1Cc1ccc([N+](=O)[O-])cc1. The molecule has 0 aromatic heterocycles. The quantitative estimate of drug-likeness (QED) is 0.432. The summed E-state index contributed by atoms with van der Waals surface area (Å²) >= 11 is 6.03. The summed E-state index contributed by atoms with van der Waals surface area (Å²) in [7, 11) is 0. The molecule has 1 aliphatic rings. The monoisotopic (exact) mass is 410 g/mol. The summed E-state index contributed by atoms with van der Waals surface area (Å²) in [4.78, 5) is 25.3. The molecule has 7 heteroatoms. The minimum atomic E-state index is -0.841. The average molecular weight is 411 g/mol. The minimum absolute atomic E-state index is 0.0210. The van der Waals surface area contributed by atoms with E-state index in [1.807, 2.05) is 19.1 Å². The number of rotatable bonds is 4. The van der Waals surface area contributed by atoms with Crippen LogP contribution in [0.5, 0.6) is 0 Å². The zero-order valence-corrected chi connectivity index (χ0v) is 16.2. The highest BCUT2D eigenvalue weighted by molar-refractivity contribution is 6.30. The Bertz CT molecular complexity index is 1120. The number of fused-ring (bicyclic) bond motifs is 1. The normalized spacial score (nSPS) is 18.0. The standard InChI is InChI=1S/C22H16ClFN2O3/c1-22(15-4-6-16(23)7-5-15)20-11-8-17(24)12-19(20)21(27)25(22)13-14-2-9-18(10-3-14)26(28)29/h2-12H,13H2,1H3. The molecule has 0 radical (unpaired) electrons. The molecule has 0 saturated carbocycles. The molecule has 0 spiro atoms. The van der Waals surface area contributed by atoms with Crippen LogP contribution in [0.15, 0.2) is 66.7 Å². The number of non-ortho nitro benzene ring substituents is 1. The minimum Gasteiger partial charge on any atom is -0.321 e. The second-order valence-corrected chi connectivity index (χ2v) is 7.52. The smallest absolute Gasteiger partial charge is 0.269 e. The van der Waals surface area contributed by atoms with Crippen LogP contribution < -0.4 is 0 Å². The van der Waals surface area contributed by atoms with Crippen LogP contribution in [-0.2, 0) is 12.1 Å². The highest BCUT2D eigenvalue weighted by Crippen LogP contribution is 2.45. The first-order valence-electron chi connectivity index (χ1n) is 8.92. The van der Waals surface area contributed by atoms with Gasteiger partial charge in [0.05, 0.1) is 10.5 Å². The first-order valence-corrected chi connectivity index (χ1v) is 9.30. The number of nitrogens with zero attached hydrogens (tertiary/aromatic N) is 2. The largest absolute Gasteiger partial charge is 0.321 e. The molecule has 29 heavy (non-hydrogen) atoms. The van der Waals surface area contributed by atoms with Crippen LogP contribution in [0.3, 0.4) is 0 Å². The van der Waals surface area contributed by atoms with Gasteiger partial charge in [-0.1, -0.05) is 41.9 Å². The molecule has 0 N–H and O–H groups in total. The Kier molecular flexibility index (Phi) is 4.59. The summed E-state index contributed by atoms with van der Waals surface area (Å²) in [6.45, 7) is 2.12. The van der Waals surface area contributed by atoms with Gasteiger partial charge in [-0.2, -0.15) is 0 Å². The predicted octanol–water partition coefficient (Wildman–Crippen LogP) is 5.31. The van der Waals surface area contributed by atoms with E-state index >= 15 is 0 Å². The van der Waals surface area contributed by atoms with Crippen LogP contribution in [-0.4, -0.2) is 15.7 Å². The van der Waals surface area contributed by atoms with Gasteiger partial charge in [0.2, 0.25) is 0 Å². The van der Waals surface area contributed by atoms with Crippen molar-refractivity contribution in [2.45, 2.75) is 19.0 Å². The zero-order chi connectivity index (χ0) is 20.8. The molecule has 0 fully saturated rings. The van der Waals surface area contributed by atoms with Gasteiger partial charge in [0.1, 0.15) is 5.82 Å². The molecule has 4 rings (SSSR count). The molecular formula is C22H16ClFN2O3. The van der Waals surface area contributed by atoms with Gasteiger partial charge in [-0.05, 0) is 47.9 Å². The summed E-state index contributed by atoms with van der Waals surface area (Å²) in [5.41, 5.74) is 1.72. The van der Waals surface area contributed by atoms with Crippen LogP contribution in [0.4, 0.5) is 10.1 Å². The number of carbonyl (C=O) groups excluding carboxylic acids is 1. The van der Waals surface area contributed by atoms with Crippen molar-refractivity contribution in [2.24, 2.45) is 0 Å². The summed E-state index contributed by atoms with van der Waals surface area (Å²) in [5, 5.41) is 11.5. The van der Waals surface area contributed by atoms with E-state index in [9.17, 15) is 19.3 Å². The third-order valence-corrected chi connectivity index (χ3v) is 5.67. The zero-order valence-electron chi connectivity index (χ0n) is 15.4. The number of carbonyl (C=O) groups is 1. The second-order valence-electron chi connectivity index (χ2n) is 7.08. The van der Waals surface area contributed by atoms with Gasteiger partial charge < -0.3 is 4.90 Å². The molecule has 0 bridgehead atoms. The fraction of sp³-hybridized carbons (Fsp3) is 0.136. The van der Waals surface area contributed by atoms with Crippen molar-refractivity contribution >= 4 is 23.2 Å². The van der Waals surface area contributed by atoms with Gasteiger partial charge in [-0.3, -0.25) is 14.9 Å². The summed E-state index contributed by atoms with van der Waals surface area (Å²) in [6, 6.07) is 17.5. The number of amides is 1. The number of hydrogen-bond donors (Lipinski definition) is 0. The van der Waals surface area contributed by atoms with E-state index in [0.717, 1.165) is 11.1 Å².